The molecule has 14 heteroatoms. The predicted molar refractivity (Wildman–Crippen MR) is 264 cm³/mol. The van der Waals surface area contributed by atoms with Crippen molar-refractivity contribution in [2.75, 3.05) is 76.4 Å². The van der Waals surface area contributed by atoms with E-state index in [1.54, 1.807) is 18.9 Å². The van der Waals surface area contributed by atoms with E-state index in [9.17, 15) is 9.59 Å². The molecule has 350 valence electrons. The van der Waals surface area contributed by atoms with Crippen molar-refractivity contribution in [3.63, 3.8) is 0 Å². The molecule has 9 rings (SSSR count). The zero-order valence-electron chi connectivity index (χ0n) is 39.9. The number of nitrogens with one attached hydrogen (secondary N) is 4. The van der Waals surface area contributed by atoms with Crippen LogP contribution in [0.15, 0.2) is 91.5 Å². The molecule has 0 radical (unpaired) electrons. The maximum Gasteiger partial charge on any atom is 0.252 e. The van der Waals surface area contributed by atoms with Gasteiger partial charge in [-0.05, 0) is 146 Å². The molecule has 0 saturated carbocycles. The number of rotatable bonds is 14. The molecular formula is C53H64N10O4. The van der Waals surface area contributed by atoms with Crippen molar-refractivity contribution >= 4 is 23.2 Å². The van der Waals surface area contributed by atoms with Gasteiger partial charge in [-0.25, -0.2) is 0 Å². The average Bonchev–Trinajstić information content (AvgIpc) is 4.13. The molecule has 4 aromatic carbocycles. The minimum Gasteiger partial charge on any atom is -0.497 e. The summed E-state index contributed by atoms with van der Waals surface area (Å²) in [6.07, 6.45) is 8.81. The fourth-order valence-corrected chi connectivity index (χ4v) is 10.0. The van der Waals surface area contributed by atoms with Crippen LogP contribution >= 0.6 is 0 Å². The third-order valence-electron chi connectivity index (χ3n) is 13.9. The molecule has 3 fully saturated rings. The average molecular weight is 905 g/mol. The smallest absolute Gasteiger partial charge is 0.252 e. The number of ether oxygens (including phenoxy) is 2. The van der Waals surface area contributed by atoms with Gasteiger partial charge in [-0.1, -0.05) is 12.1 Å². The van der Waals surface area contributed by atoms with Gasteiger partial charge in [0.1, 0.15) is 11.5 Å². The van der Waals surface area contributed by atoms with E-state index in [0.29, 0.717) is 35.3 Å². The third-order valence-corrected chi connectivity index (χ3v) is 13.9. The normalized spacial score (nSPS) is 18.0. The van der Waals surface area contributed by atoms with Crippen molar-refractivity contribution in [2.24, 2.45) is 18.9 Å². The summed E-state index contributed by atoms with van der Waals surface area (Å²) in [6, 6.07) is 22.0. The Labute approximate surface area is 394 Å². The molecule has 6 aromatic rings. The van der Waals surface area contributed by atoms with E-state index in [-0.39, 0.29) is 23.9 Å². The molecule has 2 unspecified atom stereocenters. The molecule has 3 aliphatic rings. The van der Waals surface area contributed by atoms with Crippen LogP contribution in [0.4, 0.5) is 11.4 Å². The number of fused-ring (bicyclic) bond motifs is 1. The van der Waals surface area contributed by atoms with Crippen molar-refractivity contribution in [1.82, 2.24) is 40.8 Å². The number of benzene rings is 4. The first-order chi connectivity index (χ1) is 32.4. The fourth-order valence-electron chi connectivity index (χ4n) is 10.0. The van der Waals surface area contributed by atoms with Gasteiger partial charge in [0.05, 0.1) is 45.2 Å². The molecule has 3 aliphatic heterocycles. The number of carbonyl (C=O) groups excluding carboxylic acids is 2. The monoisotopic (exact) mass is 905 g/mol. The Morgan fingerprint density at radius 1 is 0.701 bits per heavy atom. The van der Waals surface area contributed by atoms with Gasteiger partial charge in [0.15, 0.2) is 0 Å². The lowest BCUT2D eigenvalue weighted by Crippen LogP contribution is -2.29. The highest BCUT2D eigenvalue weighted by Gasteiger charge is 2.37. The zero-order valence-corrected chi connectivity index (χ0v) is 39.9. The number of methoxy groups -OCH3 is 2. The van der Waals surface area contributed by atoms with Gasteiger partial charge in [-0.3, -0.25) is 19.0 Å². The summed E-state index contributed by atoms with van der Waals surface area (Å²) in [5, 5.41) is 22.8. The summed E-state index contributed by atoms with van der Waals surface area (Å²) in [6.45, 7) is 16.2. The highest BCUT2D eigenvalue weighted by atomic mass is 16.5. The van der Waals surface area contributed by atoms with Crippen LogP contribution in [-0.4, -0.2) is 98.0 Å². The van der Waals surface area contributed by atoms with E-state index >= 15 is 0 Å². The summed E-state index contributed by atoms with van der Waals surface area (Å²) in [4.78, 5) is 33.0. The Balaban J connectivity index is 0.946. The van der Waals surface area contributed by atoms with Crippen LogP contribution in [0.25, 0.3) is 22.3 Å². The lowest BCUT2D eigenvalue weighted by molar-refractivity contribution is 0.0930. The van der Waals surface area contributed by atoms with Gasteiger partial charge < -0.3 is 40.5 Å². The molecule has 4 atom stereocenters. The Morgan fingerprint density at radius 3 is 1.96 bits per heavy atom. The number of aromatic nitrogens is 4. The highest BCUT2D eigenvalue weighted by molar-refractivity contribution is 5.98. The summed E-state index contributed by atoms with van der Waals surface area (Å²) >= 11 is 0. The Morgan fingerprint density at radius 2 is 1.33 bits per heavy atom. The van der Waals surface area contributed by atoms with Crippen molar-refractivity contribution < 1.29 is 19.1 Å². The van der Waals surface area contributed by atoms with Crippen molar-refractivity contribution in [3.05, 3.63) is 130 Å². The van der Waals surface area contributed by atoms with Crippen molar-refractivity contribution in [3.8, 4) is 33.8 Å². The summed E-state index contributed by atoms with van der Waals surface area (Å²) in [5.74, 6) is 2.32. The van der Waals surface area contributed by atoms with Gasteiger partial charge in [0, 0.05) is 98.9 Å². The zero-order chi connectivity index (χ0) is 46.8. The predicted octanol–water partition coefficient (Wildman–Crippen LogP) is 7.07. The second-order valence-corrected chi connectivity index (χ2v) is 18.7. The number of anilines is 2. The molecular weight excluding hydrogens is 841 g/mol. The van der Waals surface area contributed by atoms with Crippen molar-refractivity contribution in [2.45, 2.75) is 52.7 Å². The van der Waals surface area contributed by atoms with Gasteiger partial charge in [0.2, 0.25) is 0 Å². The lowest BCUT2D eigenvalue weighted by atomic mass is 9.99. The number of aryl methyl sites for hydroxylation is 3. The molecule has 2 amide bonds. The van der Waals surface area contributed by atoms with E-state index in [4.69, 9.17) is 14.6 Å². The summed E-state index contributed by atoms with van der Waals surface area (Å²) in [5.41, 5.74) is 12.1. The maximum absolute atomic E-state index is 14.3. The first-order valence-corrected chi connectivity index (χ1v) is 23.6. The minimum absolute atomic E-state index is 0.105. The minimum atomic E-state index is -0.291. The standard InChI is InChI=1S/C53H64N10O4/c1-33-9-10-46(61-13-8-11-54-12-14-61)22-49(33)52(64)58-35(3)38-17-40(21-48(19-38)67-7)45-27-57-63(32-45)31-41-15-34(2)50(23-51(41)62-29-42-24-55-25-43(42)30-62)53(65)59-36(4)37-16-39(20-47(18-37)66-6)44-26-56-60(5)28-44/h9-10,15-23,26-28,32,35-36,42-43,54-55H,8,11-14,24-25,29-31H2,1-7H3,(H,58,64)(H,59,65)/t35-,36-,42?,43?/m1/s1. The SMILES string of the molecule is COc1cc(-c2cnn(Cc3cc(C)c(C(=O)N[C@H](C)c4cc(OC)cc(-c5cnn(C)c5)c4)cc3N3CC4CNCC4C3)c2)cc([C@@H](C)NC(=O)c2cc(N3CCCNCC3)ccc2C)c1. The van der Waals surface area contributed by atoms with E-state index in [0.717, 1.165) is 126 Å². The Kier molecular flexibility index (Phi) is 13.4. The fraction of sp³-hybridized carbons (Fsp3) is 0.396. The van der Waals surface area contributed by atoms with Crippen LogP contribution < -0.4 is 40.5 Å². The number of amides is 2. The number of hydrogen-bond acceptors (Lipinski definition) is 10. The van der Waals surface area contributed by atoms with Crippen LogP contribution in [0.1, 0.15) is 80.9 Å². The Bertz CT molecular complexity index is 2740. The second kappa shape index (κ2) is 19.7. The first kappa shape index (κ1) is 45.5. The first-order valence-electron chi connectivity index (χ1n) is 23.6. The summed E-state index contributed by atoms with van der Waals surface area (Å²) in [7, 11) is 5.22. The second-order valence-electron chi connectivity index (χ2n) is 18.7. The lowest BCUT2D eigenvalue weighted by Gasteiger charge is -2.25. The molecule has 0 bridgehead atoms. The van der Waals surface area contributed by atoms with Crippen molar-refractivity contribution in [1.29, 1.82) is 0 Å². The molecule has 2 aromatic heterocycles. The largest absolute Gasteiger partial charge is 0.497 e. The molecule has 5 heterocycles. The molecule has 67 heavy (non-hydrogen) atoms. The van der Waals surface area contributed by atoms with E-state index in [2.05, 4.69) is 72.7 Å². The number of nitrogens with zero attached hydrogens (tertiary/aromatic N) is 6. The van der Waals surface area contributed by atoms with E-state index in [1.807, 2.05) is 94.4 Å². The van der Waals surface area contributed by atoms with Gasteiger partial charge >= 0.3 is 0 Å². The van der Waals surface area contributed by atoms with Gasteiger partial charge in [-0.2, -0.15) is 10.2 Å². The van der Waals surface area contributed by atoms with Gasteiger partial charge in [-0.15, -0.1) is 0 Å². The Hall–Kier alpha value is -6.64. The quantitative estimate of drug-likeness (QED) is 0.0897. The number of carbonyl (C=O) groups is 2. The van der Waals surface area contributed by atoms with Crippen LogP contribution in [0, 0.1) is 25.7 Å². The molecule has 4 N–H and O–H groups in total. The topological polar surface area (TPSA) is 143 Å². The van der Waals surface area contributed by atoms with E-state index in [1.165, 1.54) is 0 Å². The van der Waals surface area contributed by atoms with Crippen LogP contribution in [0.2, 0.25) is 0 Å². The van der Waals surface area contributed by atoms with Crippen LogP contribution in [0.5, 0.6) is 11.5 Å². The number of hydrogen-bond donors (Lipinski definition) is 4. The molecule has 3 saturated heterocycles. The molecule has 14 nitrogen and oxygen atoms in total. The molecule has 0 spiro atoms. The third kappa shape index (κ3) is 10.1. The van der Waals surface area contributed by atoms with Gasteiger partial charge in [0.25, 0.3) is 11.8 Å². The molecule has 0 aliphatic carbocycles. The highest BCUT2D eigenvalue weighted by Crippen LogP contribution is 2.36. The van der Waals surface area contributed by atoms with E-state index < -0.39 is 0 Å². The van der Waals surface area contributed by atoms with Crippen LogP contribution in [-0.2, 0) is 13.6 Å². The maximum atomic E-state index is 14.3. The summed E-state index contributed by atoms with van der Waals surface area (Å²) < 4.78 is 15.2. The van der Waals surface area contributed by atoms with Crippen LogP contribution in [0.3, 0.4) is 0 Å².